The highest BCUT2D eigenvalue weighted by Gasteiger charge is 2.32. The summed E-state index contributed by atoms with van der Waals surface area (Å²) in [7, 11) is 0. The van der Waals surface area contributed by atoms with Crippen molar-refractivity contribution in [2.45, 2.75) is 38.6 Å². The van der Waals surface area contributed by atoms with Gasteiger partial charge in [0.25, 0.3) is 0 Å². The zero-order valence-electron chi connectivity index (χ0n) is 12.3. The molecule has 2 aliphatic rings. The Morgan fingerprint density at radius 2 is 1.80 bits per heavy atom. The summed E-state index contributed by atoms with van der Waals surface area (Å²) in [4.78, 5) is 29.5. The normalized spacial score (nSPS) is 24.8. The number of aliphatic carboxylic acids is 1. The van der Waals surface area contributed by atoms with Crippen molar-refractivity contribution in [3.63, 3.8) is 0 Å². The lowest BCUT2D eigenvalue weighted by Gasteiger charge is -2.41. The molecule has 0 radical (unpaired) electrons. The van der Waals surface area contributed by atoms with Crippen LogP contribution in [0.3, 0.4) is 0 Å². The lowest BCUT2D eigenvalue weighted by Crippen LogP contribution is -2.56. The van der Waals surface area contributed by atoms with Crippen molar-refractivity contribution in [3.05, 3.63) is 0 Å². The number of carbonyl (C=O) groups excluding carboxylic acids is 1. The molecular weight excluding hydrogens is 258 g/mol. The molecule has 0 saturated carbocycles. The number of piperazine rings is 1. The van der Waals surface area contributed by atoms with Gasteiger partial charge in [0.2, 0.25) is 0 Å². The summed E-state index contributed by atoms with van der Waals surface area (Å²) in [5.41, 5.74) is 0. The number of likely N-dealkylation sites (tertiary alicyclic amines) is 1. The summed E-state index contributed by atoms with van der Waals surface area (Å²) in [6.07, 6.45) is 2.88. The molecule has 6 nitrogen and oxygen atoms in total. The summed E-state index contributed by atoms with van der Waals surface area (Å²) < 4.78 is 0. The van der Waals surface area contributed by atoms with Crippen LogP contribution >= 0.6 is 0 Å². The molecule has 6 heteroatoms. The van der Waals surface area contributed by atoms with E-state index in [1.54, 1.807) is 4.90 Å². The van der Waals surface area contributed by atoms with Crippen molar-refractivity contribution >= 4 is 12.0 Å². The van der Waals surface area contributed by atoms with E-state index in [9.17, 15) is 9.59 Å². The van der Waals surface area contributed by atoms with Crippen molar-refractivity contribution in [1.29, 1.82) is 0 Å². The van der Waals surface area contributed by atoms with Crippen molar-refractivity contribution in [3.8, 4) is 0 Å². The summed E-state index contributed by atoms with van der Waals surface area (Å²) in [6, 6.07) is -0.0929. The van der Waals surface area contributed by atoms with E-state index in [1.807, 2.05) is 4.90 Å². The molecule has 0 bridgehead atoms. The Balaban J connectivity index is 1.94. The van der Waals surface area contributed by atoms with Gasteiger partial charge in [0.05, 0.1) is 6.42 Å². The van der Waals surface area contributed by atoms with Gasteiger partial charge in [-0.1, -0.05) is 6.92 Å². The van der Waals surface area contributed by atoms with Crippen molar-refractivity contribution < 1.29 is 14.7 Å². The second kappa shape index (κ2) is 6.92. The van der Waals surface area contributed by atoms with Gasteiger partial charge in [-0.3, -0.25) is 4.79 Å². The van der Waals surface area contributed by atoms with Gasteiger partial charge in [0.15, 0.2) is 0 Å². The van der Waals surface area contributed by atoms with E-state index in [1.165, 1.54) is 0 Å². The number of likely N-dealkylation sites (N-methyl/N-ethyl adjacent to an activating group) is 1. The third-order valence-corrected chi connectivity index (χ3v) is 4.37. The van der Waals surface area contributed by atoms with Gasteiger partial charge in [0, 0.05) is 38.8 Å². The summed E-state index contributed by atoms with van der Waals surface area (Å²) in [5, 5.41) is 8.98. The lowest BCUT2D eigenvalue weighted by molar-refractivity contribution is -0.138. The first-order valence-corrected chi connectivity index (χ1v) is 7.61. The molecule has 2 heterocycles. The number of carboxylic acid groups (broad SMARTS) is 1. The molecule has 2 amide bonds. The predicted octanol–water partition coefficient (Wildman–Crippen LogP) is 1.07. The first kappa shape index (κ1) is 15.1. The molecule has 1 unspecified atom stereocenters. The Bertz CT molecular complexity index is 354. The second-order valence-corrected chi connectivity index (χ2v) is 5.64. The van der Waals surface area contributed by atoms with Crippen LogP contribution in [0.25, 0.3) is 0 Å². The van der Waals surface area contributed by atoms with E-state index < -0.39 is 5.97 Å². The van der Waals surface area contributed by atoms with Crippen LogP contribution in [0.2, 0.25) is 0 Å². The lowest BCUT2D eigenvalue weighted by atomic mass is 10.00. The zero-order chi connectivity index (χ0) is 14.5. The average Bonchev–Trinajstić information content (AvgIpc) is 2.46. The smallest absolute Gasteiger partial charge is 0.320 e. The molecule has 2 aliphatic heterocycles. The number of piperidine rings is 1. The Morgan fingerprint density at radius 3 is 2.40 bits per heavy atom. The first-order valence-electron chi connectivity index (χ1n) is 7.61. The maximum atomic E-state index is 12.6. The topological polar surface area (TPSA) is 64.1 Å². The van der Waals surface area contributed by atoms with E-state index in [0.29, 0.717) is 6.54 Å². The van der Waals surface area contributed by atoms with Gasteiger partial charge in [-0.2, -0.15) is 0 Å². The van der Waals surface area contributed by atoms with Crippen LogP contribution in [-0.2, 0) is 4.79 Å². The third-order valence-electron chi connectivity index (χ3n) is 4.37. The average molecular weight is 283 g/mol. The maximum Gasteiger partial charge on any atom is 0.320 e. The van der Waals surface area contributed by atoms with E-state index >= 15 is 0 Å². The number of carbonyl (C=O) groups is 2. The minimum atomic E-state index is -0.814. The molecule has 20 heavy (non-hydrogen) atoms. The van der Waals surface area contributed by atoms with Crippen LogP contribution in [0, 0.1) is 0 Å². The zero-order valence-corrected chi connectivity index (χ0v) is 12.3. The van der Waals surface area contributed by atoms with Crippen LogP contribution in [0.1, 0.15) is 32.6 Å². The summed E-state index contributed by atoms with van der Waals surface area (Å²) in [5.74, 6) is -0.814. The van der Waals surface area contributed by atoms with Gasteiger partial charge < -0.3 is 19.8 Å². The van der Waals surface area contributed by atoms with Crippen molar-refractivity contribution in [1.82, 2.24) is 14.7 Å². The Hall–Kier alpha value is -1.30. The molecule has 0 aromatic heterocycles. The van der Waals surface area contributed by atoms with Crippen LogP contribution < -0.4 is 0 Å². The van der Waals surface area contributed by atoms with E-state index in [-0.39, 0.29) is 18.5 Å². The minimum Gasteiger partial charge on any atom is -0.481 e. The number of rotatable bonds is 3. The van der Waals surface area contributed by atoms with Crippen LogP contribution in [0.4, 0.5) is 4.79 Å². The van der Waals surface area contributed by atoms with E-state index in [2.05, 4.69) is 11.8 Å². The molecule has 0 spiro atoms. The van der Waals surface area contributed by atoms with Gasteiger partial charge in [-0.25, -0.2) is 4.79 Å². The van der Waals surface area contributed by atoms with Crippen LogP contribution in [0.5, 0.6) is 0 Å². The van der Waals surface area contributed by atoms with Crippen molar-refractivity contribution in [2.24, 2.45) is 0 Å². The highest BCUT2D eigenvalue weighted by molar-refractivity contribution is 5.76. The number of amides is 2. The Labute approximate surface area is 120 Å². The van der Waals surface area contributed by atoms with Crippen molar-refractivity contribution in [2.75, 3.05) is 39.3 Å². The maximum absolute atomic E-state index is 12.6. The molecule has 2 saturated heterocycles. The molecule has 1 atom stereocenters. The van der Waals surface area contributed by atoms with E-state index in [4.69, 9.17) is 5.11 Å². The van der Waals surface area contributed by atoms with Gasteiger partial charge >= 0.3 is 12.0 Å². The minimum absolute atomic E-state index is 0.0340. The fourth-order valence-electron chi connectivity index (χ4n) is 3.10. The number of carboxylic acids is 1. The van der Waals surface area contributed by atoms with Gasteiger partial charge in [-0.05, 0) is 25.8 Å². The SMILES string of the molecule is CCN1CCN(C(=O)N2CCCCC2CC(=O)O)CC1. The van der Waals surface area contributed by atoms with E-state index in [0.717, 1.165) is 52.0 Å². The number of hydrogen-bond acceptors (Lipinski definition) is 3. The van der Waals surface area contributed by atoms with Gasteiger partial charge in [0.1, 0.15) is 0 Å². The molecule has 0 aliphatic carbocycles. The fraction of sp³-hybridized carbons (Fsp3) is 0.857. The quantitative estimate of drug-likeness (QED) is 0.841. The molecule has 0 aromatic rings. The highest BCUT2D eigenvalue weighted by atomic mass is 16.4. The molecular formula is C14H25N3O3. The third kappa shape index (κ3) is 3.62. The predicted molar refractivity (Wildman–Crippen MR) is 75.7 cm³/mol. The molecule has 0 aromatic carbocycles. The Kier molecular flexibility index (Phi) is 5.23. The number of urea groups is 1. The highest BCUT2D eigenvalue weighted by Crippen LogP contribution is 2.21. The largest absolute Gasteiger partial charge is 0.481 e. The monoisotopic (exact) mass is 283 g/mol. The van der Waals surface area contributed by atoms with Crippen LogP contribution in [0.15, 0.2) is 0 Å². The standard InChI is InChI=1S/C14H25N3O3/c1-2-15-7-9-16(10-8-15)14(20)17-6-4-3-5-12(17)11-13(18)19/h12H,2-11H2,1H3,(H,18,19). The molecule has 1 N–H and O–H groups in total. The molecule has 114 valence electrons. The van der Waals surface area contributed by atoms with Crippen LogP contribution in [-0.4, -0.2) is 77.1 Å². The first-order chi connectivity index (χ1) is 9.61. The van der Waals surface area contributed by atoms with Gasteiger partial charge in [-0.15, -0.1) is 0 Å². The summed E-state index contributed by atoms with van der Waals surface area (Å²) in [6.45, 7) is 7.19. The Morgan fingerprint density at radius 1 is 1.10 bits per heavy atom. The molecule has 2 fully saturated rings. The second-order valence-electron chi connectivity index (χ2n) is 5.64. The fourth-order valence-corrected chi connectivity index (χ4v) is 3.10. The summed E-state index contributed by atoms with van der Waals surface area (Å²) >= 11 is 0. The number of nitrogens with zero attached hydrogens (tertiary/aromatic N) is 3. The number of hydrogen-bond donors (Lipinski definition) is 1. The molecule has 2 rings (SSSR count).